The molecule has 0 atom stereocenters. The van der Waals surface area contributed by atoms with Crippen LogP contribution in [0.4, 0.5) is 10.5 Å². The molecule has 0 aliphatic carbocycles. The monoisotopic (exact) mass is 376 g/mol. The molecular weight excluding hydrogens is 356 g/mol. The molecule has 2 aromatic carbocycles. The Morgan fingerprint density at radius 3 is 2.42 bits per heavy atom. The molecule has 138 valence electrons. The van der Waals surface area contributed by atoms with Crippen LogP contribution in [0, 0.1) is 0 Å². The molecule has 0 aliphatic rings. The Bertz CT molecular complexity index is 763. The van der Waals surface area contributed by atoms with Gasteiger partial charge in [0.05, 0.1) is 24.3 Å². The van der Waals surface area contributed by atoms with Crippen molar-refractivity contribution in [3.05, 3.63) is 64.2 Å². The lowest BCUT2D eigenvalue weighted by molar-refractivity contribution is 0.0601. The Kier molecular flexibility index (Phi) is 7.44. The molecule has 0 spiro atoms. The minimum absolute atomic E-state index is 0.192. The highest BCUT2D eigenvalue weighted by molar-refractivity contribution is 6.33. The summed E-state index contributed by atoms with van der Waals surface area (Å²) in [7, 11) is 1.27. The molecule has 0 radical (unpaired) electrons. The number of hydrogen-bond acceptors (Lipinski definition) is 4. The van der Waals surface area contributed by atoms with Gasteiger partial charge >= 0.3 is 12.0 Å². The fourth-order valence-electron chi connectivity index (χ4n) is 2.20. The molecule has 0 heterocycles. The fourth-order valence-corrected chi connectivity index (χ4v) is 2.39. The van der Waals surface area contributed by atoms with Crippen LogP contribution in [0.3, 0.4) is 0 Å². The van der Waals surface area contributed by atoms with Gasteiger partial charge in [-0.3, -0.25) is 0 Å². The van der Waals surface area contributed by atoms with Gasteiger partial charge in [-0.25, -0.2) is 9.59 Å². The van der Waals surface area contributed by atoms with Crippen LogP contribution >= 0.6 is 11.6 Å². The lowest BCUT2D eigenvalue weighted by Gasteiger charge is -2.10. The molecule has 2 amide bonds. The maximum absolute atomic E-state index is 12.0. The SMILES string of the molecule is CCOCc1ccc(CNC(=O)Nc2ccc(Cl)c(C(=O)OC)c2)cc1. The third kappa shape index (κ3) is 5.75. The largest absolute Gasteiger partial charge is 0.465 e. The molecule has 0 saturated carbocycles. The zero-order chi connectivity index (χ0) is 18.9. The Balaban J connectivity index is 1.90. The number of carbonyl (C=O) groups is 2. The third-order valence-electron chi connectivity index (χ3n) is 3.58. The second kappa shape index (κ2) is 9.79. The van der Waals surface area contributed by atoms with E-state index in [-0.39, 0.29) is 16.6 Å². The Hall–Kier alpha value is -2.57. The van der Waals surface area contributed by atoms with Crippen molar-refractivity contribution in [2.75, 3.05) is 19.0 Å². The summed E-state index contributed by atoms with van der Waals surface area (Å²) >= 11 is 5.95. The van der Waals surface area contributed by atoms with Crippen LogP contribution < -0.4 is 10.6 Å². The van der Waals surface area contributed by atoms with Gasteiger partial charge in [-0.2, -0.15) is 0 Å². The summed E-state index contributed by atoms with van der Waals surface area (Å²) in [5, 5.41) is 5.68. The summed E-state index contributed by atoms with van der Waals surface area (Å²) in [6.07, 6.45) is 0. The maximum Gasteiger partial charge on any atom is 0.339 e. The van der Waals surface area contributed by atoms with Gasteiger partial charge in [0, 0.05) is 18.8 Å². The zero-order valence-corrected chi connectivity index (χ0v) is 15.4. The lowest BCUT2D eigenvalue weighted by Crippen LogP contribution is -2.28. The molecule has 6 nitrogen and oxygen atoms in total. The molecule has 0 saturated heterocycles. The van der Waals surface area contributed by atoms with Crippen LogP contribution in [0.2, 0.25) is 5.02 Å². The lowest BCUT2D eigenvalue weighted by atomic mass is 10.1. The van der Waals surface area contributed by atoms with Crippen molar-refractivity contribution in [1.82, 2.24) is 5.32 Å². The number of halogens is 1. The zero-order valence-electron chi connectivity index (χ0n) is 14.7. The van der Waals surface area contributed by atoms with Gasteiger partial charge in [0.15, 0.2) is 0 Å². The molecule has 0 aromatic heterocycles. The van der Waals surface area contributed by atoms with Crippen molar-refractivity contribution in [2.24, 2.45) is 0 Å². The van der Waals surface area contributed by atoms with Gasteiger partial charge in [-0.05, 0) is 36.2 Å². The predicted molar refractivity (Wildman–Crippen MR) is 100 cm³/mol. The quantitative estimate of drug-likeness (QED) is 0.716. The number of esters is 1. The average molecular weight is 377 g/mol. The number of amides is 2. The summed E-state index contributed by atoms with van der Waals surface area (Å²) in [5.41, 5.74) is 2.68. The first-order valence-corrected chi connectivity index (χ1v) is 8.49. The number of benzene rings is 2. The minimum atomic E-state index is -0.564. The fraction of sp³-hybridized carbons (Fsp3) is 0.263. The maximum atomic E-state index is 12.0. The predicted octanol–water partition coefficient (Wildman–Crippen LogP) is 3.98. The first-order chi connectivity index (χ1) is 12.5. The first kappa shape index (κ1) is 19.8. The summed E-state index contributed by atoms with van der Waals surface area (Å²) in [4.78, 5) is 23.7. The number of ether oxygens (including phenoxy) is 2. The van der Waals surface area contributed by atoms with Gasteiger partial charge in [0.25, 0.3) is 0 Å². The van der Waals surface area contributed by atoms with Gasteiger partial charge in [-0.15, -0.1) is 0 Å². The molecule has 0 aliphatic heterocycles. The van der Waals surface area contributed by atoms with Gasteiger partial charge in [-0.1, -0.05) is 35.9 Å². The molecule has 2 N–H and O–H groups in total. The topological polar surface area (TPSA) is 76.7 Å². The number of methoxy groups -OCH3 is 1. The molecule has 2 rings (SSSR count). The Labute approximate surface area is 157 Å². The normalized spacial score (nSPS) is 10.3. The van der Waals surface area contributed by atoms with Gasteiger partial charge < -0.3 is 20.1 Å². The Morgan fingerprint density at radius 2 is 1.77 bits per heavy atom. The van der Waals surface area contributed by atoms with E-state index in [1.54, 1.807) is 6.07 Å². The van der Waals surface area contributed by atoms with E-state index in [2.05, 4.69) is 15.4 Å². The second-order valence-corrected chi connectivity index (χ2v) is 5.85. The van der Waals surface area contributed by atoms with E-state index in [4.69, 9.17) is 16.3 Å². The molecule has 0 fully saturated rings. The molecule has 7 heteroatoms. The standard InChI is InChI=1S/C19H21ClN2O4/c1-3-26-12-14-6-4-13(5-7-14)11-21-19(24)22-15-8-9-17(20)16(10-15)18(23)25-2/h4-10H,3,11-12H2,1-2H3,(H2,21,22,24). The number of urea groups is 1. The molecule has 26 heavy (non-hydrogen) atoms. The van der Waals surface area contributed by atoms with E-state index >= 15 is 0 Å². The summed E-state index contributed by atoms with van der Waals surface area (Å²) in [6.45, 7) is 3.57. The van der Waals surface area contributed by atoms with Crippen LogP contribution in [-0.2, 0) is 22.6 Å². The molecular formula is C19H21ClN2O4. The van der Waals surface area contributed by atoms with Crippen molar-refractivity contribution in [1.29, 1.82) is 0 Å². The van der Waals surface area contributed by atoms with E-state index in [1.165, 1.54) is 19.2 Å². The van der Waals surface area contributed by atoms with E-state index < -0.39 is 5.97 Å². The van der Waals surface area contributed by atoms with E-state index in [0.29, 0.717) is 25.4 Å². The number of hydrogen-bond donors (Lipinski definition) is 2. The van der Waals surface area contributed by atoms with Crippen molar-refractivity contribution in [2.45, 2.75) is 20.1 Å². The van der Waals surface area contributed by atoms with Crippen LogP contribution in [-0.4, -0.2) is 25.7 Å². The molecule has 0 bridgehead atoms. The van der Waals surface area contributed by atoms with Gasteiger partial charge in [0.2, 0.25) is 0 Å². The highest BCUT2D eigenvalue weighted by Gasteiger charge is 2.12. The van der Waals surface area contributed by atoms with E-state index in [0.717, 1.165) is 11.1 Å². The molecule has 2 aromatic rings. The van der Waals surface area contributed by atoms with Crippen LogP contribution in [0.15, 0.2) is 42.5 Å². The first-order valence-electron chi connectivity index (χ1n) is 8.11. The summed E-state index contributed by atoms with van der Waals surface area (Å²) in [6, 6.07) is 12.0. The van der Waals surface area contributed by atoms with Crippen molar-refractivity contribution < 1.29 is 19.1 Å². The van der Waals surface area contributed by atoms with Crippen LogP contribution in [0.1, 0.15) is 28.4 Å². The van der Waals surface area contributed by atoms with Crippen molar-refractivity contribution in [3.63, 3.8) is 0 Å². The smallest absolute Gasteiger partial charge is 0.339 e. The highest BCUT2D eigenvalue weighted by atomic mass is 35.5. The Morgan fingerprint density at radius 1 is 1.08 bits per heavy atom. The average Bonchev–Trinajstić information content (AvgIpc) is 2.66. The number of anilines is 1. The van der Waals surface area contributed by atoms with Crippen molar-refractivity contribution >= 4 is 29.3 Å². The summed E-state index contributed by atoms with van der Waals surface area (Å²) < 4.78 is 10.0. The number of rotatable bonds is 7. The second-order valence-electron chi connectivity index (χ2n) is 5.45. The highest BCUT2D eigenvalue weighted by Crippen LogP contribution is 2.21. The van der Waals surface area contributed by atoms with Crippen molar-refractivity contribution in [3.8, 4) is 0 Å². The summed E-state index contributed by atoms with van der Waals surface area (Å²) in [5.74, 6) is -0.564. The number of nitrogens with one attached hydrogen (secondary N) is 2. The molecule has 0 unspecified atom stereocenters. The van der Waals surface area contributed by atoms with E-state index in [1.807, 2.05) is 31.2 Å². The van der Waals surface area contributed by atoms with Gasteiger partial charge in [0.1, 0.15) is 0 Å². The number of carbonyl (C=O) groups excluding carboxylic acids is 2. The van der Waals surface area contributed by atoms with E-state index in [9.17, 15) is 9.59 Å². The third-order valence-corrected chi connectivity index (χ3v) is 3.91. The van der Waals surface area contributed by atoms with Crippen LogP contribution in [0.25, 0.3) is 0 Å². The van der Waals surface area contributed by atoms with Crippen LogP contribution in [0.5, 0.6) is 0 Å². The minimum Gasteiger partial charge on any atom is -0.465 e.